The van der Waals surface area contributed by atoms with Crippen LogP contribution in [-0.4, -0.2) is 35.1 Å². The summed E-state index contributed by atoms with van der Waals surface area (Å²) in [5.74, 6) is -0.114. The van der Waals surface area contributed by atoms with Crippen molar-refractivity contribution < 1.29 is 9.53 Å². The van der Waals surface area contributed by atoms with Gasteiger partial charge in [0, 0.05) is 0 Å². The minimum Gasteiger partial charge on any atom is -0.459 e. The molecule has 0 aromatic carbocycles. The third kappa shape index (κ3) is 3.20. The van der Waals surface area contributed by atoms with Crippen LogP contribution in [0.3, 0.4) is 0 Å². The average molecular weight is 213 g/mol. The van der Waals surface area contributed by atoms with E-state index in [-0.39, 0.29) is 5.97 Å². The minimum atomic E-state index is -0.482. The average Bonchev–Trinajstić information content (AvgIpc) is 2.52. The summed E-state index contributed by atoms with van der Waals surface area (Å²) in [5.41, 5.74) is -0.877. The van der Waals surface area contributed by atoms with Crippen LogP contribution in [0, 0.1) is 0 Å². The quantitative estimate of drug-likeness (QED) is 0.659. The zero-order valence-corrected chi connectivity index (χ0v) is 10.6. The summed E-state index contributed by atoms with van der Waals surface area (Å²) in [7, 11) is 0. The highest BCUT2D eigenvalue weighted by molar-refractivity contribution is 5.80. The second-order valence-corrected chi connectivity index (χ2v) is 5.76. The number of carbonyl (C=O) groups excluding carboxylic acids is 1. The number of rotatable bonds is 2. The van der Waals surface area contributed by atoms with Gasteiger partial charge >= 0.3 is 5.97 Å². The summed E-state index contributed by atoms with van der Waals surface area (Å²) in [5, 5.41) is 0. The molecule has 1 saturated heterocycles. The summed E-state index contributed by atoms with van der Waals surface area (Å²) in [6.07, 6.45) is 2.37. The summed E-state index contributed by atoms with van der Waals surface area (Å²) in [6, 6.07) is 0. The van der Waals surface area contributed by atoms with Crippen molar-refractivity contribution in [3.63, 3.8) is 0 Å². The fourth-order valence-corrected chi connectivity index (χ4v) is 1.81. The van der Waals surface area contributed by atoms with Gasteiger partial charge in [-0.15, -0.1) is 0 Å². The Kier molecular flexibility index (Phi) is 3.44. The van der Waals surface area contributed by atoms with E-state index in [4.69, 9.17) is 4.74 Å². The van der Waals surface area contributed by atoms with E-state index in [0.717, 1.165) is 13.1 Å². The van der Waals surface area contributed by atoms with Crippen LogP contribution in [0.1, 0.15) is 47.5 Å². The first kappa shape index (κ1) is 12.5. The fraction of sp³-hybridized carbons (Fsp3) is 0.917. The van der Waals surface area contributed by atoms with Gasteiger partial charge in [0.15, 0.2) is 0 Å². The van der Waals surface area contributed by atoms with Gasteiger partial charge in [0.25, 0.3) is 0 Å². The normalized spacial score (nSPS) is 19.3. The molecule has 0 unspecified atom stereocenters. The van der Waals surface area contributed by atoms with Crippen molar-refractivity contribution in [3.05, 3.63) is 0 Å². The van der Waals surface area contributed by atoms with E-state index >= 15 is 0 Å². The van der Waals surface area contributed by atoms with Crippen molar-refractivity contribution in [2.24, 2.45) is 0 Å². The second kappa shape index (κ2) is 4.12. The molecule has 0 atom stereocenters. The molecule has 1 aliphatic rings. The van der Waals surface area contributed by atoms with Crippen LogP contribution in [0.25, 0.3) is 0 Å². The molecule has 15 heavy (non-hydrogen) atoms. The van der Waals surface area contributed by atoms with Crippen molar-refractivity contribution >= 4 is 5.97 Å². The number of hydrogen-bond donors (Lipinski definition) is 0. The molecule has 0 aromatic rings. The Balaban J connectivity index is 2.63. The highest BCUT2D eigenvalue weighted by Gasteiger charge is 2.39. The standard InChI is InChI=1S/C12H23NO2/c1-11(2,3)15-10(14)12(4,5)13-8-6-7-9-13/h6-9H2,1-5H3. The number of hydrogen-bond acceptors (Lipinski definition) is 3. The van der Waals surface area contributed by atoms with Crippen LogP contribution >= 0.6 is 0 Å². The maximum atomic E-state index is 12.0. The number of carbonyl (C=O) groups is 1. The lowest BCUT2D eigenvalue weighted by molar-refractivity contribution is -0.167. The van der Waals surface area contributed by atoms with Crippen molar-refractivity contribution in [2.75, 3.05) is 13.1 Å². The van der Waals surface area contributed by atoms with Crippen LogP contribution in [0.15, 0.2) is 0 Å². The first-order valence-electron chi connectivity index (χ1n) is 5.72. The molecule has 3 nitrogen and oxygen atoms in total. The summed E-state index contributed by atoms with van der Waals surface area (Å²) in [4.78, 5) is 14.2. The Bertz CT molecular complexity index is 234. The molecule has 0 amide bonds. The third-order valence-electron chi connectivity index (χ3n) is 2.80. The zero-order chi connectivity index (χ0) is 11.7. The third-order valence-corrected chi connectivity index (χ3v) is 2.80. The monoisotopic (exact) mass is 213 g/mol. The largest absolute Gasteiger partial charge is 0.459 e. The lowest BCUT2D eigenvalue weighted by atomic mass is 10.0. The van der Waals surface area contributed by atoms with Crippen LogP contribution in [0.2, 0.25) is 0 Å². The molecule has 0 N–H and O–H groups in total. The SMILES string of the molecule is CC(C)(C)OC(=O)C(C)(C)N1CCCC1. The number of ether oxygens (including phenoxy) is 1. The van der Waals surface area contributed by atoms with Gasteiger partial charge in [-0.1, -0.05) is 0 Å². The van der Waals surface area contributed by atoms with Gasteiger partial charge in [-0.3, -0.25) is 9.69 Å². The van der Waals surface area contributed by atoms with Crippen molar-refractivity contribution in [2.45, 2.75) is 58.6 Å². The van der Waals surface area contributed by atoms with E-state index in [2.05, 4.69) is 4.90 Å². The molecule has 1 fully saturated rings. The lowest BCUT2D eigenvalue weighted by Gasteiger charge is -2.35. The molecule has 0 spiro atoms. The van der Waals surface area contributed by atoms with E-state index in [1.165, 1.54) is 12.8 Å². The number of likely N-dealkylation sites (tertiary alicyclic amines) is 1. The van der Waals surface area contributed by atoms with Gasteiger partial charge < -0.3 is 4.74 Å². The molecule has 1 aliphatic heterocycles. The van der Waals surface area contributed by atoms with Gasteiger partial charge in [-0.25, -0.2) is 0 Å². The first-order chi connectivity index (χ1) is 6.73. The van der Waals surface area contributed by atoms with Gasteiger partial charge in [-0.05, 0) is 60.5 Å². The van der Waals surface area contributed by atoms with Crippen LogP contribution in [0.4, 0.5) is 0 Å². The molecule has 0 aliphatic carbocycles. The Morgan fingerprint density at radius 2 is 1.53 bits per heavy atom. The second-order valence-electron chi connectivity index (χ2n) is 5.76. The van der Waals surface area contributed by atoms with E-state index < -0.39 is 11.1 Å². The number of nitrogens with zero attached hydrogens (tertiary/aromatic N) is 1. The molecular formula is C12H23NO2. The minimum absolute atomic E-state index is 0.114. The van der Waals surface area contributed by atoms with E-state index in [0.29, 0.717) is 0 Å². The maximum absolute atomic E-state index is 12.0. The highest BCUT2D eigenvalue weighted by Crippen LogP contribution is 2.24. The van der Waals surface area contributed by atoms with Crippen LogP contribution in [-0.2, 0) is 9.53 Å². The maximum Gasteiger partial charge on any atom is 0.326 e. The Hall–Kier alpha value is -0.570. The van der Waals surface area contributed by atoms with Crippen LogP contribution in [0.5, 0.6) is 0 Å². The van der Waals surface area contributed by atoms with Crippen molar-refractivity contribution in [1.82, 2.24) is 4.90 Å². The lowest BCUT2D eigenvalue weighted by Crippen LogP contribution is -2.51. The zero-order valence-electron chi connectivity index (χ0n) is 10.6. The smallest absolute Gasteiger partial charge is 0.326 e. The predicted molar refractivity (Wildman–Crippen MR) is 60.7 cm³/mol. The first-order valence-corrected chi connectivity index (χ1v) is 5.72. The van der Waals surface area contributed by atoms with E-state index in [1.807, 2.05) is 34.6 Å². The molecule has 3 heteroatoms. The molecular weight excluding hydrogens is 190 g/mol. The van der Waals surface area contributed by atoms with Gasteiger partial charge in [0.05, 0.1) is 0 Å². The van der Waals surface area contributed by atoms with Crippen LogP contribution < -0.4 is 0 Å². The summed E-state index contributed by atoms with van der Waals surface area (Å²) in [6.45, 7) is 11.6. The van der Waals surface area contributed by atoms with Gasteiger partial charge in [0.1, 0.15) is 11.1 Å². The molecule has 0 bridgehead atoms. The molecule has 0 saturated carbocycles. The Morgan fingerprint density at radius 3 is 1.93 bits per heavy atom. The number of esters is 1. The topological polar surface area (TPSA) is 29.5 Å². The fourth-order valence-electron chi connectivity index (χ4n) is 1.81. The molecule has 0 aromatic heterocycles. The van der Waals surface area contributed by atoms with Crippen molar-refractivity contribution in [3.8, 4) is 0 Å². The Morgan fingerprint density at radius 1 is 1.07 bits per heavy atom. The highest BCUT2D eigenvalue weighted by atomic mass is 16.6. The molecule has 0 radical (unpaired) electrons. The Labute approximate surface area is 92.8 Å². The predicted octanol–water partition coefficient (Wildman–Crippen LogP) is 2.20. The van der Waals surface area contributed by atoms with E-state index in [9.17, 15) is 4.79 Å². The van der Waals surface area contributed by atoms with Gasteiger partial charge in [-0.2, -0.15) is 0 Å². The summed E-state index contributed by atoms with van der Waals surface area (Å²) >= 11 is 0. The van der Waals surface area contributed by atoms with Gasteiger partial charge in [0.2, 0.25) is 0 Å². The molecule has 1 heterocycles. The summed E-state index contributed by atoms with van der Waals surface area (Å²) < 4.78 is 5.43. The van der Waals surface area contributed by atoms with Crippen molar-refractivity contribution in [1.29, 1.82) is 0 Å². The molecule has 88 valence electrons. The molecule has 1 rings (SSSR count). The van der Waals surface area contributed by atoms with E-state index in [1.54, 1.807) is 0 Å².